The lowest BCUT2D eigenvalue weighted by Gasteiger charge is -2.11. The van der Waals surface area contributed by atoms with Crippen molar-refractivity contribution in [1.82, 2.24) is 5.32 Å². The van der Waals surface area contributed by atoms with Gasteiger partial charge >= 0.3 is 0 Å². The highest BCUT2D eigenvalue weighted by molar-refractivity contribution is 5.99. The van der Waals surface area contributed by atoms with Gasteiger partial charge in [-0.1, -0.05) is 13.0 Å². The zero-order valence-electron chi connectivity index (χ0n) is 9.30. The summed E-state index contributed by atoms with van der Waals surface area (Å²) in [4.78, 5) is 11.9. The van der Waals surface area contributed by atoms with E-state index in [0.29, 0.717) is 12.1 Å². The molecule has 82 valence electrons. The van der Waals surface area contributed by atoms with E-state index in [1.54, 1.807) is 13.1 Å². The van der Waals surface area contributed by atoms with Gasteiger partial charge in [-0.25, -0.2) is 4.39 Å². The van der Waals surface area contributed by atoms with Crippen molar-refractivity contribution in [1.29, 1.82) is 0 Å². The fraction of sp³-hybridized carbons (Fsp3) is 0.417. The van der Waals surface area contributed by atoms with Gasteiger partial charge in [0.2, 0.25) is 0 Å². The number of aryl methyl sites for hydroxylation is 1. The third-order valence-corrected chi connectivity index (χ3v) is 2.42. The Morgan fingerprint density at radius 3 is 2.80 bits per heavy atom. The number of ketones is 1. The molecule has 1 aromatic rings. The lowest BCUT2D eigenvalue weighted by Crippen LogP contribution is -2.24. The van der Waals surface area contributed by atoms with E-state index in [-0.39, 0.29) is 17.5 Å². The van der Waals surface area contributed by atoms with Crippen molar-refractivity contribution in [3.63, 3.8) is 0 Å². The monoisotopic (exact) mass is 209 g/mol. The second-order valence-electron chi connectivity index (χ2n) is 3.78. The Labute approximate surface area is 89.5 Å². The number of halogens is 1. The molecule has 1 aromatic carbocycles. The first-order chi connectivity index (χ1) is 7.06. The molecule has 0 aliphatic heterocycles. The van der Waals surface area contributed by atoms with E-state index in [1.165, 1.54) is 12.1 Å². The summed E-state index contributed by atoms with van der Waals surface area (Å²) in [5, 5.41) is 2.94. The summed E-state index contributed by atoms with van der Waals surface area (Å²) in [6, 6.07) is 4.31. The highest BCUT2D eigenvalue weighted by atomic mass is 19.1. The molecule has 0 spiro atoms. The Balaban J connectivity index is 2.95. The lowest BCUT2D eigenvalue weighted by molar-refractivity contribution is 0.0929. The van der Waals surface area contributed by atoms with E-state index in [9.17, 15) is 9.18 Å². The fourth-order valence-electron chi connectivity index (χ4n) is 1.52. The van der Waals surface area contributed by atoms with Crippen LogP contribution >= 0.6 is 0 Å². The summed E-state index contributed by atoms with van der Waals surface area (Å²) >= 11 is 0. The first-order valence-electron chi connectivity index (χ1n) is 5.01. The minimum Gasteiger partial charge on any atom is -0.319 e. The summed E-state index contributed by atoms with van der Waals surface area (Å²) in [6.07, 6.45) is 0. The van der Waals surface area contributed by atoms with Crippen molar-refractivity contribution >= 4 is 5.78 Å². The van der Waals surface area contributed by atoms with Crippen molar-refractivity contribution in [2.75, 3.05) is 13.6 Å². The van der Waals surface area contributed by atoms with Gasteiger partial charge in [0.25, 0.3) is 0 Å². The smallest absolute Gasteiger partial charge is 0.167 e. The van der Waals surface area contributed by atoms with Crippen LogP contribution in [0, 0.1) is 18.7 Å². The van der Waals surface area contributed by atoms with Crippen LogP contribution in [0.15, 0.2) is 18.2 Å². The zero-order chi connectivity index (χ0) is 11.4. The largest absolute Gasteiger partial charge is 0.319 e. The van der Waals surface area contributed by atoms with E-state index < -0.39 is 0 Å². The number of rotatable bonds is 4. The molecule has 1 atom stereocenters. The normalized spacial score (nSPS) is 12.5. The van der Waals surface area contributed by atoms with Crippen LogP contribution in [0.5, 0.6) is 0 Å². The molecule has 0 saturated carbocycles. The van der Waals surface area contributed by atoms with E-state index in [4.69, 9.17) is 0 Å². The molecule has 1 unspecified atom stereocenters. The van der Waals surface area contributed by atoms with Gasteiger partial charge in [-0.05, 0) is 31.7 Å². The van der Waals surface area contributed by atoms with Gasteiger partial charge in [0, 0.05) is 18.0 Å². The predicted molar refractivity (Wildman–Crippen MR) is 58.6 cm³/mol. The Bertz CT molecular complexity index is 363. The van der Waals surface area contributed by atoms with Gasteiger partial charge in [-0.3, -0.25) is 4.79 Å². The van der Waals surface area contributed by atoms with Crippen LogP contribution in [0.4, 0.5) is 4.39 Å². The minimum atomic E-state index is -0.361. The second kappa shape index (κ2) is 5.03. The molecule has 0 amide bonds. The molecule has 15 heavy (non-hydrogen) atoms. The number of carbonyl (C=O) groups is 1. The van der Waals surface area contributed by atoms with Crippen LogP contribution in [0.25, 0.3) is 0 Å². The van der Waals surface area contributed by atoms with Gasteiger partial charge in [-0.15, -0.1) is 0 Å². The van der Waals surface area contributed by atoms with Crippen molar-refractivity contribution in [3.8, 4) is 0 Å². The van der Waals surface area contributed by atoms with Gasteiger partial charge in [-0.2, -0.15) is 0 Å². The lowest BCUT2D eigenvalue weighted by atomic mass is 9.96. The fourth-order valence-corrected chi connectivity index (χ4v) is 1.52. The average Bonchev–Trinajstić information content (AvgIpc) is 2.21. The van der Waals surface area contributed by atoms with E-state index in [0.717, 1.165) is 5.56 Å². The van der Waals surface area contributed by atoms with Crippen LogP contribution in [-0.4, -0.2) is 19.4 Å². The molecule has 2 nitrogen and oxygen atoms in total. The van der Waals surface area contributed by atoms with Gasteiger partial charge in [0.1, 0.15) is 5.82 Å². The maximum atomic E-state index is 13.0. The van der Waals surface area contributed by atoms with Crippen molar-refractivity contribution in [2.24, 2.45) is 5.92 Å². The molecule has 0 heterocycles. The number of benzene rings is 1. The number of hydrogen-bond acceptors (Lipinski definition) is 2. The Kier molecular flexibility index (Phi) is 3.97. The molecular formula is C12H16FNO. The molecule has 0 fully saturated rings. The van der Waals surface area contributed by atoms with Gasteiger partial charge in [0.15, 0.2) is 5.78 Å². The SMILES string of the molecule is CNCC(C)C(=O)c1cc(F)ccc1C. The quantitative estimate of drug-likeness (QED) is 0.770. The summed E-state index contributed by atoms with van der Waals surface area (Å²) in [6.45, 7) is 4.26. The highest BCUT2D eigenvalue weighted by Gasteiger charge is 2.16. The van der Waals surface area contributed by atoms with E-state index in [1.807, 2.05) is 13.8 Å². The van der Waals surface area contributed by atoms with E-state index in [2.05, 4.69) is 5.32 Å². The molecule has 1 rings (SSSR count). The molecular weight excluding hydrogens is 193 g/mol. The van der Waals surface area contributed by atoms with Crippen LogP contribution in [-0.2, 0) is 0 Å². The van der Waals surface area contributed by atoms with Crippen LogP contribution in [0.1, 0.15) is 22.8 Å². The summed E-state index contributed by atoms with van der Waals surface area (Å²) < 4.78 is 13.0. The predicted octanol–water partition coefficient (Wildman–Crippen LogP) is 2.17. The van der Waals surface area contributed by atoms with Crippen LogP contribution < -0.4 is 5.32 Å². The molecule has 0 aromatic heterocycles. The standard InChI is InChI=1S/C12H16FNO/c1-8-4-5-10(13)6-11(8)12(15)9(2)7-14-3/h4-6,9,14H,7H2,1-3H3. The first-order valence-corrected chi connectivity index (χ1v) is 5.01. The maximum absolute atomic E-state index is 13.0. The molecule has 0 bridgehead atoms. The third kappa shape index (κ3) is 2.86. The Morgan fingerprint density at radius 1 is 1.53 bits per heavy atom. The molecule has 0 aliphatic rings. The van der Waals surface area contributed by atoms with Gasteiger partial charge < -0.3 is 5.32 Å². The zero-order valence-corrected chi connectivity index (χ0v) is 9.30. The van der Waals surface area contributed by atoms with Gasteiger partial charge in [0.05, 0.1) is 0 Å². The molecule has 3 heteroatoms. The summed E-state index contributed by atoms with van der Waals surface area (Å²) in [5.41, 5.74) is 1.31. The number of hydrogen-bond donors (Lipinski definition) is 1. The van der Waals surface area contributed by atoms with Crippen LogP contribution in [0.3, 0.4) is 0 Å². The third-order valence-electron chi connectivity index (χ3n) is 2.42. The molecule has 0 saturated heterocycles. The topological polar surface area (TPSA) is 29.1 Å². The highest BCUT2D eigenvalue weighted by Crippen LogP contribution is 2.14. The summed E-state index contributed by atoms with van der Waals surface area (Å²) in [7, 11) is 1.79. The van der Waals surface area contributed by atoms with Crippen LogP contribution in [0.2, 0.25) is 0 Å². The number of nitrogens with one attached hydrogen (secondary N) is 1. The second-order valence-corrected chi connectivity index (χ2v) is 3.78. The van der Waals surface area contributed by atoms with E-state index >= 15 is 0 Å². The Hall–Kier alpha value is -1.22. The van der Waals surface area contributed by atoms with Crippen molar-refractivity contribution < 1.29 is 9.18 Å². The van der Waals surface area contributed by atoms with Crippen molar-refractivity contribution in [2.45, 2.75) is 13.8 Å². The van der Waals surface area contributed by atoms with Crippen molar-refractivity contribution in [3.05, 3.63) is 35.1 Å². The Morgan fingerprint density at radius 2 is 2.20 bits per heavy atom. The molecule has 0 aliphatic carbocycles. The molecule has 0 radical (unpaired) electrons. The first kappa shape index (κ1) is 11.9. The number of Topliss-reactive ketones (excluding diaryl/α,β-unsaturated/α-hetero) is 1. The average molecular weight is 209 g/mol. The summed E-state index contributed by atoms with van der Waals surface area (Å²) in [5.74, 6) is -0.502. The molecule has 1 N–H and O–H groups in total. The number of carbonyl (C=O) groups excluding carboxylic acids is 1. The maximum Gasteiger partial charge on any atom is 0.167 e. The minimum absolute atomic E-state index is 0.0126.